The van der Waals surface area contributed by atoms with Gasteiger partial charge in [0, 0.05) is 5.92 Å². The van der Waals surface area contributed by atoms with E-state index in [1.165, 1.54) is 11.1 Å². The summed E-state index contributed by atoms with van der Waals surface area (Å²) in [5.74, 6) is 0.447. The van der Waals surface area contributed by atoms with Crippen molar-refractivity contribution in [2.45, 2.75) is 54.4 Å². The van der Waals surface area contributed by atoms with E-state index in [1.807, 2.05) is 13.8 Å². The van der Waals surface area contributed by atoms with Gasteiger partial charge in [0.1, 0.15) is 0 Å². The van der Waals surface area contributed by atoms with Crippen molar-refractivity contribution in [2.24, 2.45) is 11.3 Å². The highest BCUT2D eigenvalue weighted by molar-refractivity contribution is 5.98. The van der Waals surface area contributed by atoms with Crippen LogP contribution in [0.2, 0.25) is 0 Å². The van der Waals surface area contributed by atoms with E-state index in [9.17, 15) is 4.79 Å². The zero-order valence-electron chi connectivity index (χ0n) is 13.8. The molecule has 1 heteroatoms. The molecule has 0 bridgehead atoms. The predicted molar refractivity (Wildman–Crippen MR) is 87.6 cm³/mol. The van der Waals surface area contributed by atoms with Gasteiger partial charge < -0.3 is 0 Å². The second kappa shape index (κ2) is 6.88. The molecule has 0 aromatic rings. The van der Waals surface area contributed by atoms with Gasteiger partial charge in [0.2, 0.25) is 0 Å². The molecule has 0 heterocycles. The Morgan fingerprint density at radius 1 is 1.40 bits per heavy atom. The summed E-state index contributed by atoms with van der Waals surface area (Å²) >= 11 is 0. The second-order valence-corrected chi connectivity index (χ2v) is 6.47. The van der Waals surface area contributed by atoms with Crippen LogP contribution in [0.15, 0.2) is 47.1 Å². The highest BCUT2D eigenvalue weighted by Gasteiger charge is 2.35. The van der Waals surface area contributed by atoms with E-state index >= 15 is 0 Å². The van der Waals surface area contributed by atoms with Crippen molar-refractivity contribution in [3.8, 4) is 0 Å². The molecule has 0 fully saturated rings. The maximum absolute atomic E-state index is 12.2. The Bertz CT molecular complexity index is 484. The minimum atomic E-state index is 0.0768. The van der Waals surface area contributed by atoms with Gasteiger partial charge in [0.25, 0.3) is 0 Å². The van der Waals surface area contributed by atoms with Crippen LogP contribution in [0.3, 0.4) is 0 Å². The van der Waals surface area contributed by atoms with Crippen molar-refractivity contribution in [3.05, 3.63) is 47.1 Å². The fourth-order valence-electron chi connectivity index (χ4n) is 2.95. The van der Waals surface area contributed by atoms with Crippen LogP contribution in [0.4, 0.5) is 0 Å². The molecule has 1 atom stereocenters. The van der Waals surface area contributed by atoms with E-state index in [0.717, 1.165) is 18.4 Å². The topological polar surface area (TPSA) is 17.1 Å². The van der Waals surface area contributed by atoms with Crippen LogP contribution in [0.5, 0.6) is 0 Å². The molecule has 20 heavy (non-hydrogen) atoms. The normalized spacial score (nSPS) is 24.2. The SMILES string of the molecule is CC/C=C/C=C(C)/C=C/C1=C(C)C(=O)C(C)CC1(C)C. The first-order valence-corrected chi connectivity index (χ1v) is 7.56. The lowest BCUT2D eigenvalue weighted by Gasteiger charge is -2.35. The Labute approximate surface area is 124 Å². The molecule has 1 rings (SSSR count). The lowest BCUT2D eigenvalue weighted by Crippen LogP contribution is -2.30. The van der Waals surface area contributed by atoms with Crippen LogP contribution in [-0.4, -0.2) is 5.78 Å². The molecule has 1 aliphatic carbocycles. The summed E-state index contributed by atoms with van der Waals surface area (Å²) < 4.78 is 0. The average Bonchev–Trinajstić information content (AvgIpc) is 2.35. The van der Waals surface area contributed by atoms with Crippen LogP contribution in [-0.2, 0) is 4.79 Å². The Morgan fingerprint density at radius 3 is 2.65 bits per heavy atom. The summed E-state index contributed by atoms with van der Waals surface area (Å²) in [6.07, 6.45) is 12.6. The van der Waals surface area contributed by atoms with Crippen molar-refractivity contribution < 1.29 is 4.79 Å². The summed E-state index contributed by atoms with van der Waals surface area (Å²) in [7, 11) is 0. The zero-order chi connectivity index (χ0) is 15.3. The number of ketones is 1. The van der Waals surface area contributed by atoms with Crippen LogP contribution >= 0.6 is 0 Å². The Hall–Kier alpha value is -1.37. The number of Topliss-reactive ketones (excluding diaryl/α,β-unsaturated/α-hetero) is 1. The van der Waals surface area contributed by atoms with Gasteiger partial charge in [0.15, 0.2) is 5.78 Å². The van der Waals surface area contributed by atoms with Gasteiger partial charge in [-0.2, -0.15) is 0 Å². The monoisotopic (exact) mass is 272 g/mol. The van der Waals surface area contributed by atoms with Crippen LogP contribution < -0.4 is 0 Å². The third-order valence-electron chi connectivity index (χ3n) is 4.01. The van der Waals surface area contributed by atoms with Crippen molar-refractivity contribution >= 4 is 5.78 Å². The van der Waals surface area contributed by atoms with E-state index in [1.54, 1.807) is 0 Å². The zero-order valence-corrected chi connectivity index (χ0v) is 13.8. The largest absolute Gasteiger partial charge is 0.294 e. The summed E-state index contributed by atoms with van der Waals surface area (Å²) in [6, 6.07) is 0. The molecular weight excluding hydrogens is 244 g/mol. The maximum Gasteiger partial charge on any atom is 0.161 e. The predicted octanol–water partition coefficient (Wildman–Crippen LogP) is 5.41. The lowest BCUT2D eigenvalue weighted by atomic mass is 9.68. The number of allylic oxidation sites excluding steroid dienone is 8. The van der Waals surface area contributed by atoms with Gasteiger partial charge in [-0.15, -0.1) is 0 Å². The minimum absolute atomic E-state index is 0.0768. The fraction of sp³-hybridized carbons (Fsp3) is 0.526. The highest BCUT2D eigenvalue weighted by atomic mass is 16.1. The van der Waals surface area contributed by atoms with Crippen molar-refractivity contribution in [3.63, 3.8) is 0 Å². The first-order valence-electron chi connectivity index (χ1n) is 7.56. The quantitative estimate of drug-likeness (QED) is 0.626. The van der Waals surface area contributed by atoms with Crippen molar-refractivity contribution in [2.75, 3.05) is 0 Å². The highest BCUT2D eigenvalue weighted by Crippen LogP contribution is 2.41. The smallest absolute Gasteiger partial charge is 0.161 e. The first kappa shape index (κ1) is 16.7. The summed E-state index contributed by atoms with van der Waals surface area (Å²) in [5.41, 5.74) is 3.40. The number of carbonyl (C=O) groups excluding carboxylic acids is 1. The van der Waals surface area contributed by atoms with Crippen LogP contribution in [0, 0.1) is 11.3 Å². The first-order chi connectivity index (χ1) is 9.29. The van der Waals surface area contributed by atoms with Gasteiger partial charge >= 0.3 is 0 Å². The van der Waals surface area contributed by atoms with Gasteiger partial charge in [-0.05, 0) is 43.3 Å². The molecule has 0 aromatic carbocycles. The Morgan fingerprint density at radius 2 is 2.05 bits per heavy atom. The molecule has 110 valence electrons. The summed E-state index contributed by atoms with van der Waals surface area (Å²) in [4.78, 5) is 12.2. The third kappa shape index (κ3) is 4.06. The van der Waals surface area contributed by atoms with Crippen molar-refractivity contribution in [1.29, 1.82) is 0 Å². The van der Waals surface area contributed by atoms with Gasteiger partial charge in [0.05, 0.1) is 0 Å². The molecule has 0 amide bonds. The average molecular weight is 272 g/mol. The Balaban J connectivity index is 3.02. The van der Waals surface area contributed by atoms with Crippen LogP contribution in [0.25, 0.3) is 0 Å². The van der Waals surface area contributed by atoms with Crippen molar-refractivity contribution in [1.82, 2.24) is 0 Å². The number of carbonyl (C=O) groups is 1. The van der Waals surface area contributed by atoms with E-state index < -0.39 is 0 Å². The maximum atomic E-state index is 12.2. The molecule has 0 saturated carbocycles. The fourth-order valence-corrected chi connectivity index (χ4v) is 2.95. The molecule has 0 aromatic heterocycles. The summed E-state index contributed by atoms with van der Waals surface area (Å²) in [5, 5.41) is 0. The van der Waals surface area contributed by atoms with E-state index in [4.69, 9.17) is 0 Å². The number of hydrogen-bond donors (Lipinski definition) is 0. The van der Waals surface area contributed by atoms with Gasteiger partial charge in [-0.25, -0.2) is 0 Å². The Kier molecular flexibility index (Phi) is 5.74. The molecule has 0 N–H and O–H groups in total. The third-order valence-corrected chi connectivity index (χ3v) is 4.01. The molecule has 1 unspecified atom stereocenters. The minimum Gasteiger partial charge on any atom is -0.294 e. The van der Waals surface area contributed by atoms with E-state index in [0.29, 0.717) is 5.78 Å². The molecule has 0 aliphatic heterocycles. The second-order valence-electron chi connectivity index (χ2n) is 6.47. The van der Waals surface area contributed by atoms with Gasteiger partial charge in [-0.3, -0.25) is 4.79 Å². The van der Waals surface area contributed by atoms with E-state index in [2.05, 4.69) is 58.1 Å². The number of rotatable bonds is 4. The molecular formula is C19H28O. The molecule has 1 nitrogen and oxygen atoms in total. The van der Waals surface area contributed by atoms with Crippen LogP contribution in [0.1, 0.15) is 54.4 Å². The molecule has 0 radical (unpaired) electrons. The number of hydrogen-bond acceptors (Lipinski definition) is 1. The standard InChI is InChI=1S/C19H28O/c1-7-8-9-10-14(2)11-12-17-16(4)18(20)15(3)13-19(17,5)6/h8-12,15H,7,13H2,1-6H3/b9-8+,12-11+,14-10+. The van der Waals surface area contributed by atoms with E-state index in [-0.39, 0.29) is 11.3 Å². The molecule has 1 aliphatic rings. The summed E-state index contributed by atoms with van der Waals surface area (Å²) in [6.45, 7) is 12.7. The molecule has 0 spiro atoms. The molecule has 0 saturated heterocycles. The van der Waals surface area contributed by atoms with Gasteiger partial charge in [-0.1, -0.05) is 63.6 Å². The lowest BCUT2D eigenvalue weighted by molar-refractivity contribution is -0.120.